The average Bonchev–Trinajstić information content (AvgIpc) is 2.59. The Hall–Kier alpha value is -0.980. The molecule has 0 heterocycles. The number of hydrogen-bond donors (Lipinski definition) is 0. The van der Waals surface area contributed by atoms with Gasteiger partial charge >= 0.3 is 0 Å². The summed E-state index contributed by atoms with van der Waals surface area (Å²) in [5.74, 6) is 2.51. The molecule has 0 spiro atoms. The summed E-state index contributed by atoms with van der Waals surface area (Å²) in [5, 5.41) is 0. The van der Waals surface area contributed by atoms with Crippen LogP contribution < -0.4 is 4.74 Å². The highest BCUT2D eigenvalue weighted by molar-refractivity contribution is 5.41. The maximum atomic E-state index is 5.24. The van der Waals surface area contributed by atoms with E-state index >= 15 is 0 Å². The van der Waals surface area contributed by atoms with Crippen molar-refractivity contribution in [2.75, 3.05) is 7.11 Å². The normalized spacial score (nSPS) is 19.9. The van der Waals surface area contributed by atoms with E-state index in [0.717, 1.165) is 17.6 Å². The standard InChI is InChI=1S/C13H18O/c1-9(2)12-6-4-10-8-11(14-3)5-7-13(10)12/h5,7-9,12H,4,6H2,1-3H3/t12-/m1/s1. The van der Waals surface area contributed by atoms with Gasteiger partial charge in [-0.25, -0.2) is 0 Å². The highest BCUT2D eigenvalue weighted by Gasteiger charge is 2.24. The highest BCUT2D eigenvalue weighted by atomic mass is 16.5. The summed E-state index contributed by atoms with van der Waals surface area (Å²) in [7, 11) is 1.73. The Kier molecular flexibility index (Phi) is 2.49. The van der Waals surface area contributed by atoms with Crippen LogP contribution in [0.2, 0.25) is 0 Å². The van der Waals surface area contributed by atoms with Crippen molar-refractivity contribution in [1.29, 1.82) is 0 Å². The van der Waals surface area contributed by atoms with Crippen LogP contribution in [0.3, 0.4) is 0 Å². The number of benzene rings is 1. The lowest BCUT2D eigenvalue weighted by Gasteiger charge is -2.15. The van der Waals surface area contributed by atoms with Gasteiger partial charge < -0.3 is 4.74 Å². The molecular weight excluding hydrogens is 172 g/mol. The molecule has 0 amide bonds. The van der Waals surface area contributed by atoms with Crippen LogP contribution >= 0.6 is 0 Å². The molecule has 2 rings (SSSR count). The summed E-state index contributed by atoms with van der Waals surface area (Å²) < 4.78 is 5.24. The minimum absolute atomic E-state index is 0.754. The van der Waals surface area contributed by atoms with Crippen LogP contribution in [-0.4, -0.2) is 7.11 Å². The molecule has 1 aliphatic rings. The first-order valence-corrected chi connectivity index (χ1v) is 5.39. The molecule has 76 valence electrons. The van der Waals surface area contributed by atoms with E-state index < -0.39 is 0 Å². The number of methoxy groups -OCH3 is 1. The summed E-state index contributed by atoms with van der Waals surface area (Å²) >= 11 is 0. The molecule has 0 unspecified atom stereocenters. The van der Waals surface area contributed by atoms with Crippen LogP contribution in [0.1, 0.15) is 37.3 Å². The summed E-state index contributed by atoms with van der Waals surface area (Å²) in [5.41, 5.74) is 3.03. The van der Waals surface area contributed by atoms with Crippen molar-refractivity contribution in [3.63, 3.8) is 0 Å². The third-order valence-electron chi connectivity index (χ3n) is 3.28. The van der Waals surface area contributed by atoms with Gasteiger partial charge in [-0.1, -0.05) is 19.9 Å². The molecule has 1 aromatic carbocycles. The van der Waals surface area contributed by atoms with Crippen LogP contribution in [-0.2, 0) is 6.42 Å². The van der Waals surface area contributed by atoms with Crippen molar-refractivity contribution in [2.45, 2.75) is 32.6 Å². The predicted octanol–water partition coefficient (Wildman–Crippen LogP) is 3.38. The molecule has 1 heteroatoms. The molecule has 0 radical (unpaired) electrons. The van der Waals surface area contributed by atoms with Crippen LogP contribution in [0.4, 0.5) is 0 Å². The van der Waals surface area contributed by atoms with Gasteiger partial charge in [-0.3, -0.25) is 0 Å². The van der Waals surface area contributed by atoms with Gasteiger partial charge in [0.2, 0.25) is 0 Å². The Morgan fingerprint density at radius 3 is 2.79 bits per heavy atom. The third kappa shape index (κ3) is 1.52. The second kappa shape index (κ2) is 3.64. The number of aryl methyl sites for hydroxylation is 1. The van der Waals surface area contributed by atoms with E-state index in [-0.39, 0.29) is 0 Å². The Morgan fingerprint density at radius 1 is 1.36 bits per heavy atom. The molecule has 14 heavy (non-hydrogen) atoms. The van der Waals surface area contributed by atoms with Gasteiger partial charge in [0, 0.05) is 0 Å². The van der Waals surface area contributed by atoms with Crippen LogP contribution in [0.25, 0.3) is 0 Å². The van der Waals surface area contributed by atoms with E-state index in [4.69, 9.17) is 4.74 Å². The molecule has 0 saturated carbocycles. The number of ether oxygens (including phenoxy) is 1. The van der Waals surface area contributed by atoms with Gasteiger partial charge in [-0.2, -0.15) is 0 Å². The van der Waals surface area contributed by atoms with Gasteiger partial charge in [0.25, 0.3) is 0 Å². The van der Waals surface area contributed by atoms with E-state index in [2.05, 4.69) is 32.0 Å². The molecule has 0 saturated heterocycles. The zero-order valence-electron chi connectivity index (χ0n) is 9.21. The Balaban J connectivity index is 2.33. The molecular formula is C13H18O. The monoisotopic (exact) mass is 190 g/mol. The highest BCUT2D eigenvalue weighted by Crippen LogP contribution is 2.39. The van der Waals surface area contributed by atoms with Gasteiger partial charge in [0.05, 0.1) is 7.11 Å². The van der Waals surface area contributed by atoms with Crippen molar-refractivity contribution < 1.29 is 4.74 Å². The van der Waals surface area contributed by atoms with Gasteiger partial charge in [-0.15, -0.1) is 0 Å². The molecule has 1 aliphatic carbocycles. The van der Waals surface area contributed by atoms with Crippen LogP contribution in [0.5, 0.6) is 5.75 Å². The van der Waals surface area contributed by atoms with Crippen molar-refractivity contribution >= 4 is 0 Å². The SMILES string of the molecule is COc1ccc2c(c1)CC[C@@H]2C(C)C. The van der Waals surface area contributed by atoms with E-state index in [0.29, 0.717) is 0 Å². The molecule has 0 bridgehead atoms. The fourth-order valence-electron chi connectivity index (χ4n) is 2.45. The lowest BCUT2D eigenvalue weighted by atomic mass is 9.90. The van der Waals surface area contributed by atoms with Gasteiger partial charge in [-0.05, 0) is 47.9 Å². The van der Waals surface area contributed by atoms with E-state index in [9.17, 15) is 0 Å². The quantitative estimate of drug-likeness (QED) is 0.694. The molecule has 1 atom stereocenters. The summed E-state index contributed by atoms with van der Waals surface area (Å²) in [6, 6.07) is 6.52. The summed E-state index contributed by atoms with van der Waals surface area (Å²) in [6.07, 6.45) is 2.52. The fraction of sp³-hybridized carbons (Fsp3) is 0.538. The van der Waals surface area contributed by atoms with E-state index in [1.807, 2.05) is 0 Å². The van der Waals surface area contributed by atoms with Gasteiger partial charge in [0.15, 0.2) is 0 Å². The molecule has 0 N–H and O–H groups in total. The molecule has 0 fully saturated rings. The second-order valence-corrected chi connectivity index (χ2v) is 4.45. The number of fused-ring (bicyclic) bond motifs is 1. The first-order valence-electron chi connectivity index (χ1n) is 5.39. The molecule has 0 aromatic heterocycles. The lowest BCUT2D eigenvalue weighted by Crippen LogP contribution is -2.01. The molecule has 1 nitrogen and oxygen atoms in total. The van der Waals surface area contributed by atoms with E-state index in [1.165, 1.54) is 18.4 Å². The lowest BCUT2D eigenvalue weighted by molar-refractivity contribution is 0.414. The first-order chi connectivity index (χ1) is 6.72. The number of hydrogen-bond acceptors (Lipinski definition) is 1. The van der Waals surface area contributed by atoms with Crippen molar-refractivity contribution in [2.24, 2.45) is 5.92 Å². The van der Waals surface area contributed by atoms with Crippen molar-refractivity contribution in [1.82, 2.24) is 0 Å². The number of rotatable bonds is 2. The summed E-state index contributed by atoms with van der Waals surface area (Å²) in [4.78, 5) is 0. The minimum Gasteiger partial charge on any atom is -0.497 e. The third-order valence-corrected chi connectivity index (χ3v) is 3.28. The first kappa shape index (κ1) is 9.57. The Bertz CT molecular complexity index is 328. The Morgan fingerprint density at radius 2 is 2.14 bits per heavy atom. The molecule has 0 aliphatic heterocycles. The van der Waals surface area contributed by atoms with Crippen molar-refractivity contribution in [3.05, 3.63) is 29.3 Å². The molecule has 1 aromatic rings. The zero-order chi connectivity index (χ0) is 10.1. The van der Waals surface area contributed by atoms with Gasteiger partial charge in [0.1, 0.15) is 5.75 Å². The van der Waals surface area contributed by atoms with E-state index in [1.54, 1.807) is 12.7 Å². The maximum absolute atomic E-state index is 5.24. The average molecular weight is 190 g/mol. The fourth-order valence-corrected chi connectivity index (χ4v) is 2.45. The topological polar surface area (TPSA) is 9.23 Å². The van der Waals surface area contributed by atoms with Crippen LogP contribution in [0.15, 0.2) is 18.2 Å². The van der Waals surface area contributed by atoms with Crippen molar-refractivity contribution in [3.8, 4) is 5.75 Å². The largest absolute Gasteiger partial charge is 0.497 e. The van der Waals surface area contributed by atoms with Crippen LogP contribution in [0, 0.1) is 5.92 Å². The zero-order valence-corrected chi connectivity index (χ0v) is 9.21. The summed E-state index contributed by atoms with van der Waals surface area (Å²) in [6.45, 7) is 4.62. The Labute approximate surface area is 86.1 Å². The smallest absolute Gasteiger partial charge is 0.119 e. The predicted molar refractivity (Wildman–Crippen MR) is 58.9 cm³/mol. The second-order valence-electron chi connectivity index (χ2n) is 4.45. The maximum Gasteiger partial charge on any atom is 0.119 e. The minimum atomic E-state index is 0.754.